The lowest BCUT2D eigenvalue weighted by molar-refractivity contribution is -0.130. The zero-order chi connectivity index (χ0) is 46.1. The Morgan fingerprint density at radius 1 is 0.726 bits per heavy atom. The minimum atomic E-state index is -1.92. The Hall–Kier alpha value is -4.40. The highest BCUT2D eigenvalue weighted by molar-refractivity contribution is 6.31. The molecule has 0 saturated carbocycles. The summed E-state index contributed by atoms with van der Waals surface area (Å²) in [6.07, 6.45) is -11.4. The lowest BCUT2D eigenvalue weighted by Crippen LogP contribution is -2.53. The molecule has 0 aliphatic carbocycles. The maximum atomic E-state index is 12.5. The van der Waals surface area contributed by atoms with Crippen LogP contribution in [0.3, 0.4) is 0 Å². The van der Waals surface area contributed by atoms with Gasteiger partial charge < -0.3 is 79.3 Å². The van der Waals surface area contributed by atoms with Gasteiger partial charge in [-0.2, -0.15) is 0 Å². The number of hydrogen-bond acceptors (Lipinski definition) is 19. The molecule has 0 aliphatic rings. The number of nitrogens with zero attached hydrogens (tertiary/aromatic N) is 4. The van der Waals surface area contributed by atoms with Gasteiger partial charge in [-0.3, -0.25) is 24.8 Å². The summed E-state index contributed by atoms with van der Waals surface area (Å²) < 4.78 is 0. The normalized spacial score (nSPS) is 16.6. The number of nitrogens with two attached hydrogens (primary N) is 4. The standard InChI is InChI=1S/C39H61ClN10O12/c40-34-36(42)48-35(41)29(47-34)38(62)49-39(44)46-13-4-3-6-20-9-10-21(23-8-2-1-7-22(20)23)11-12-24(37(43)61)45-14-5-15-50(16-25(53)30(57)32(59)27(55)18-51)17-26(54)31(58)33(60)28(56)19-52/h1-2,7-10,24-28,30-33,45,51-60H,3-6,11-19H2,(H2,43,61)(H4,41,42,48)(H3,44,46,49,62)/t24-,25?,26?,27?,28?,30?,31?,32?,33?/m1/s1. The van der Waals surface area contributed by atoms with Crippen LogP contribution in [0.25, 0.3) is 10.8 Å². The smallest absolute Gasteiger partial charge is 0.280 e. The summed E-state index contributed by atoms with van der Waals surface area (Å²) in [5.74, 6) is -1.77. The second-order valence-corrected chi connectivity index (χ2v) is 15.3. The molecule has 3 rings (SSSR count). The molecule has 2 aromatic carbocycles. The molecule has 0 bridgehead atoms. The van der Waals surface area contributed by atoms with Gasteiger partial charge >= 0.3 is 0 Å². The summed E-state index contributed by atoms with van der Waals surface area (Å²) in [5.41, 5.74) is 24.8. The molecule has 346 valence electrons. The fourth-order valence-corrected chi connectivity index (χ4v) is 6.79. The molecule has 0 radical (unpaired) electrons. The Morgan fingerprint density at radius 2 is 1.26 bits per heavy atom. The molecule has 1 aromatic heterocycles. The van der Waals surface area contributed by atoms with Crippen LogP contribution in [0, 0.1) is 0 Å². The number of amides is 2. The summed E-state index contributed by atoms with van der Waals surface area (Å²) in [5, 5.41) is 107. The highest BCUT2D eigenvalue weighted by atomic mass is 35.5. The number of benzene rings is 2. The first kappa shape index (κ1) is 51.9. The Labute approximate surface area is 362 Å². The Kier molecular flexibility index (Phi) is 21.5. The van der Waals surface area contributed by atoms with Gasteiger partial charge in [0.25, 0.3) is 5.91 Å². The van der Waals surface area contributed by atoms with Crippen LogP contribution < -0.4 is 33.6 Å². The van der Waals surface area contributed by atoms with E-state index in [0.717, 1.165) is 34.7 Å². The number of aromatic nitrogens is 2. The molecule has 2 amide bonds. The third kappa shape index (κ3) is 15.4. The number of carbonyl (C=O) groups excluding carboxylic acids is 2. The molecule has 62 heavy (non-hydrogen) atoms. The van der Waals surface area contributed by atoms with Gasteiger partial charge in [0.1, 0.15) is 36.6 Å². The number of anilines is 2. The van der Waals surface area contributed by atoms with E-state index in [-0.39, 0.29) is 48.0 Å². The van der Waals surface area contributed by atoms with Gasteiger partial charge in [-0.15, -0.1) is 0 Å². The number of aliphatic imine (C=N–C) groups is 1. The lowest BCUT2D eigenvalue weighted by atomic mass is 9.93. The molecule has 0 aliphatic heterocycles. The fraction of sp³-hybridized carbons (Fsp3) is 0.564. The average Bonchev–Trinajstić information content (AvgIpc) is 3.25. The van der Waals surface area contributed by atoms with Crippen LogP contribution in [0.15, 0.2) is 41.4 Å². The molecule has 0 fully saturated rings. The SMILES string of the molecule is NC(=O)[C@@H](CCc1ccc(CCCCN=C(N)NC(=O)c2nc(Cl)c(N)nc2N)c2ccccc12)NCCCN(CC(O)C(O)C(O)C(O)CO)CC(O)C(O)C(O)C(O)CO. The fourth-order valence-electron chi connectivity index (χ4n) is 6.66. The van der Waals surface area contributed by atoms with E-state index in [9.17, 15) is 50.4 Å². The molecule has 20 N–H and O–H groups in total. The van der Waals surface area contributed by atoms with E-state index in [1.54, 1.807) is 0 Å². The molecule has 23 heteroatoms. The maximum Gasteiger partial charge on any atom is 0.280 e. The van der Waals surface area contributed by atoms with Crippen molar-refractivity contribution in [1.29, 1.82) is 0 Å². The summed E-state index contributed by atoms with van der Waals surface area (Å²) in [4.78, 5) is 38.2. The number of aliphatic hydroxyl groups excluding tert-OH is 10. The molecule has 0 spiro atoms. The minimum absolute atomic E-state index is 0.0666. The van der Waals surface area contributed by atoms with Gasteiger partial charge in [0.05, 0.1) is 31.5 Å². The monoisotopic (exact) mass is 896 g/mol. The molecule has 8 unspecified atom stereocenters. The lowest BCUT2D eigenvalue weighted by Gasteiger charge is -2.33. The number of aryl methyl sites for hydroxylation is 2. The molecule has 1 heterocycles. The second kappa shape index (κ2) is 25.6. The average molecular weight is 897 g/mol. The van der Waals surface area contributed by atoms with Gasteiger partial charge in [0.15, 0.2) is 28.4 Å². The molecule has 3 aromatic rings. The summed E-state index contributed by atoms with van der Waals surface area (Å²) in [6, 6.07) is 11.2. The van der Waals surface area contributed by atoms with Crippen molar-refractivity contribution in [3.63, 3.8) is 0 Å². The Morgan fingerprint density at radius 3 is 1.79 bits per heavy atom. The highest BCUT2D eigenvalue weighted by Gasteiger charge is 2.34. The van der Waals surface area contributed by atoms with Crippen molar-refractivity contribution in [3.8, 4) is 0 Å². The van der Waals surface area contributed by atoms with Crippen molar-refractivity contribution >= 4 is 51.8 Å². The number of unbranched alkanes of at least 4 members (excludes halogenated alkanes) is 1. The molecular formula is C39H61ClN10O12. The summed E-state index contributed by atoms with van der Waals surface area (Å²) in [7, 11) is 0. The third-order valence-electron chi connectivity index (χ3n) is 10.2. The van der Waals surface area contributed by atoms with Crippen LogP contribution >= 0.6 is 11.6 Å². The van der Waals surface area contributed by atoms with Crippen LogP contribution in [0.5, 0.6) is 0 Å². The van der Waals surface area contributed by atoms with Crippen LogP contribution in [-0.2, 0) is 17.6 Å². The highest BCUT2D eigenvalue weighted by Crippen LogP contribution is 2.26. The number of carbonyl (C=O) groups is 2. The first-order chi connectivity index (χ1) is 29.4. The zero-order valence-electron chi connectivity index (χ0n) is 34.1. The number of rotatable bonds is 27. The largest absolute Gasteiger partial charge is 0.394 e. The van der Waals surface area contributed by atoms with Crippen LogP contribution in [0.4, 0.5) is 11.6 Å². The zero-order valence-corrected chi connectivity index (χ0v) is 34.9. The Bertz CT molecular complexity index is 1890. The molecular weight excluding hydrogens is 836 g/mol. The van der Waals surface area contributed by atoms with Crippen LogP contribution in [-0.4, -0.2) is 185 Å². The van der Waals surface area contributed by atoms with E-state index >= 15 is 0 Å². The molecule has 22 nitrogen and oxygen atoms in total. The number of nitrogen functional groups attached to an aromatic ring is 2. The van der Waals surface area contributed by atoms with Crippen molar-refractivity contribution < 1.29 is 60.7 Å². The maximum absolute atomic E-state index is 12.5. The van der Waals surface area contributed by atoms with Crippen LogP contribution in [0.1, 0.15) is 47.3 Å². The van der Waals surface area contributed by atoms with E-state index in [2.05, 4.69) is 25.6 Å². The summed E-state index contributed by atoms with van der Waals surface area (Å²) in [6.45, 7) is -2.01. The predicted molar refractivity (Wildman–Crippen MR) is 229 cm³/mol. The number of fused-ring (bicyclic) bond motifs is 1. The van der Waals surface area contributed by atoms with E-state index < -0.39 is 93.0 Å². The quantitative estimate of drug-likeness (QED) is 0.0195. The van der Waals surface area contributed by atoms with Crippen molar-refractivity contribution in [2.45, 2.75) is 93.4 Å². The van der Waals surface area contributed by atoms with Crippen molar-refractivity contribution in [2.24, 2.45) is 16.5 Å². The first-order valence-corrected chi connectivity index (χ1v) is 20.4. The number of halogens is 1. The first-order valence-electron chi connectivity index (χ1n) is 20.0. The van der Waals surface area contributed by atoms with E-state index in [1.165, 1.54) is 4.90 Å². The minimum Gasteiger partial charge on any atom is -0.394 e. The number of guanidine groups is 1. The topological polar surface area (TPSA) is 406 Å². The number of nitrogens with one attached hydrogen (secondary N) is 2. The van der Waals surface area contributed by atoms with Gasteiger partial charge in [0.2, 0.25) is 5.91 Å². The third-order valence-corrected chi connectivity index (χ3v) is 10.5. The number of hydrogen-bond donors (Lipinski definition) is 16. The van der Waals surface area contributed by atoms with Crippen molar-refractivity contribution in [3.05, 3.63) is 58.4 Å². The number of aliphatic hydroxyl groups is 10. The van der Waals surface area contributed by atoms with E-state index in [1.807, 2.05) is 36.4 Å². The van der Waals surface area contributed by atoms with Gasteiger partial charge in [-0.1, -0.05) is 48.0 Å². The van der Waals surface area contributed by atoms with E-state index in [4.69, 9.17) is 44.7 Å². The summed E-state index contributed by atoms with van der Waals surface area (Å²) >= 11 is 5.85. The van der Waals surface area contributed by atoms with Gasteiger partial charge in [-0.25, -0.2) is 9.97 Å². The Balaban J connectivity index is 1.57. The van der Waals surface area contributed by atoms with Crippen molar-refractivity contribution in [1.82, 2.24) is 25.5 Å². The van der Waals surface area contributed by atoms with Gasteiger partial charge in [0, 0.05) is 19.6 Å². The van der Waals surface area contributed by atoms with Crippen LogP contribution in [0.2, 0.25) is 5.15 Å². The molecule has 9 atom stereocenters. The molecule has 0 saturated heterocycles. The second-order valence-electron chi connectivity index (χ2n) is 14.9. The predicted octanol–water partition coefficient (Wildman–Crippen LogP) is -4.54. The van der Waals surface area contributed by atoms with Gasteiger partial charge in [-0.05, 0) is 73.5 Å². The number of primary amides is 1. The van der Waals surface area contributed by atoms with Crippen molar-refractivity contribution in [2.75, 3.05) is 57.4 Å². The van der Waals surface area contributed by atoms with E-state index in [0.29, 0.717) is 25.8 Å².